The number of ketones is 1. The van der Waals surface area contributed by atoms with Gasteiger partial charge in [0.2, 0.25) is 0 Å². The second kappa shape index (κ2) is 3.83. The molecule has 1 aliphatic rings. The van der Waals surface area contributed by atoms with Crippen LogP contribution in [0, 0.1) is 0 Å². The molecule has 0 saturated heterocycles. The summed E-state index contributed by atoms with van der Waals surface area (Å²) in [6, 6.07) is 5.95. The average molecular weight is 254 g/mol. The second-order valence-electron chi connectivity index (χ2n) is 3.69. The predicted octanol–water partition coefficient (Wildman–Crippen LogP) is 2.34. The van der Waals surface area contributed by atoms with E-state index in [0.717, 1.165) is 22.1 Å². The number of nitrogens with one attached hydrogen (secondary N) is 1. The number of rotatable bonds is 0. The number of hydrogen-bond donors (Lipinski definition) is 1. The third kappa shape index (κ3) is 1.74. The molecule has 14 heavy (non-hydrogen) atoms. The zero-order valence-corrected chi connectivity index (χ0v) is 9.60. The van der Waals surface area contributed by atoms with Crippen molar-refractivity contribution in [3.05, 3.63) is 33.8 Å². The van der Waals surface area contributed by atoms with Gasteiger partial charge >= 0.3 is 0 Å². The van der Waals surface area contributed by atoms with Gasteiger partial charge in [-0.2, -0.15) is 0 Å². The van der Waals surface area contributed by atoms with Crippen LogP contribution in [-0.4, -0.2) is 18.9 Å². The van der Waals surface area contributed by atoms with Crippen molar-refractivity contribution in [1.29, 1.82) is 0 Å². The lowest BCUT2D eigenvalue weighted by molar-refractivity contribution is 0.0994. The van der Waals surface area contributed by atoms with Crippen molar-refractivity contribution in [2.24, 2.45) is 0 Å². The zero-order chi connectivity index (χ0) is 10.1. The van der Waals surface area contributed by atoms with Crippen LogP contribution in [0.1, 0.15) is 28.8 Å². The Balaban J connectivity index is 2.54. The molecule has 0 bridgehead atoms. The minimum atomic E-state index is 0.186. The smallest absolute Gasteiger partial charge is 0.176 e. The quantitative estimate of drug-likeness (QED) is 0.769. The zero-order valence-electron chi connectivity index (χ0n) is 8.01. The Kier molecular flexibility index (Phi) is 2.70. The van der Waals surface area contributed by atoms with Gasteiger partial charge in [0.15, 0.2) is 5.78 Å². The van der Waals surface area contributed by atoms with Gasteiger partial charge in [0.25, 0.3) is 0 Å². The minimum absolute atomic E-state index is 0.186. The van der Waals surface area contributed by atoms with Gasteiger partial charge in [-0.3, -0.25) is 4.79 Å². The van der Waals surface area contributed by atoms with Crippen molar-refractivity contribution in [1.82, 2.24) is 5.32 Å². The monoisotopic (exact) mass is 253 g/mol. The summed E-state index contributed by atoms with van der Waals surface area (Å²) in [6.45, 7) is 3.46. The number of fused-ring (bicyclic) bond motifs is 1. The van der Waals surface area contributed by atoms with E-state index in [1.165, 1.54) is 0 Å². The first kappa shape index (κ1) is 9.87. The molecule has 74 valence electrons. The lowest BCUT2D eigenvalue weighted by Crippen LogP contribution is -2.22. The average Bonchev–Trinajstić information content (AvgIpc) is 2.28. The molecular formula is C11H12BrNO. The molecule has 1 aliphatic heterocycles. The van der Waals surface area contributed by atoms with E-state index in [4.69, 9.17) is 0 Å². The molecule has 0 radical (unpaired) electrons. The molecule has 1 atom stereocenters. The Labute approximate surface area is 91.8 Å². The number of benzene rings is 1. The van der Waals surface area contributed by atoms with Gasteiger partial charge in [0.05, 0.1) is 6.54 Å². The van der Waals surface area contributed by atoms with Crippen molar-refractivity contribution in [3.63, 3.8) is 0 Å². The van der Waals surface area contributed by atoms with Crippen molar-refractivity contribution in [2.45, 2.75) is 12.8 Å². The van der Waals surface area contributed by atoms with Gasteiger partial charge in [0.1, 0.15) is 0 Å². The third-order valence-corrected chi connectivity index (χ3v) is 3.08. The van der Waals surface area contributed by atoms with E-state index in [1.807, 2.05) is 18.2 Å². The maximum absolute atomic E-state index is 11.7. The van der Waals surface area contributed by atoms with Gasteiger partial charge in [0, 0.05) is 16.6 Å². The summed E-state index contributed by atoms with van der Waals surface area (Å²) in [5.74, 6) is 0.593. The highest BCUT2D eigenvalue weighted by molar-refractivity contribution is 9.10. The molecule has 0 saturated carbocycles. The molecule has 1 N–H and O–H groups in total. The first-order valence-electron chi connectivity index (χ1n) is 4.72. The van der Waals surface area contributed by atoms with E-state index in [-0.39, 0.29) is 5.78 Å². The first-order chi connectivity index (χ1) is 6.68. The van der Waals surface area contributed by atoms with E-state index in [9.17, 15) is 4.79 Å². The molecule has 2 rings (SSSR count). The summed E-state index contributed by atoms with van der Waals surface area (Å²) in [5, 5.41) is 3.15. The topological polar surface area (TPSA) is 29.1 Å². The molecule has 0 fully saturated rings. The van der Waals surface area contributed by atoms with Crippen LogP contribution < -0.4 is 5.32 Å². The number of halogens is 1. The first-order valence-corrected chi connectivity index (χ1v) is 5.51. The third-order valence-electron chi connectivity index (χ3n) is 2.58. The van der Waals surface area contributed by atoms with Gasteiger partial charge in [-0.25, -0.2) is 0 Å². The Morgan fingerprint density at radius 3 is 3.07 bits per heavy atom. The molecule has 1 heterocycles. The van der Waals surface area contributed by atoms with Crippen LogP contribution >= 0.6 is 15.9 Å². The van der Waals surface area contributed by atoms with E-state index in [0.29, 0.717) is 12.5 Å². The van der Waals surface area contributed by atoms with Crippen LogP contribution in [0.4, 0.5) is 0 Å². The lowest BCUT2D eigenvalue weighted by Gasteiger charge is -2.11. The fraction of sp³-hybridized carbons (Fsp3) is 0.364. The standard InChI is InChI=1S/C11H12BrNO/c1-7-5-13-6-11(14)10-4-8(12)2-3-9(7)10/h2-4,7,13H,5-6H2,1H3. The molecule has 0 aromatic heterocycles. The number of Topliss-reactive ketones (excluding diaryl/α,β-unsaturated/α-hetero) is 1. The van der Waals surface area contributed by atoms with E-state index >= 15 is 0 Å². The highest BCUT2D eigenvalue weighted by atomic mass is 79.9. The largest absolute Gasteiger partial charge is 0.309 e. The fourth-order valence-corrected chi connectivity index (χ4v) is 2.17. The molecular weight excluding hydrogens is 242 g/mol. The van der Waals surface area contributed by atoms with Crippen LogP contribution in [0.15, 0.2) is 22.7 Å². The molecule has 1 unspecified atom stereocenters. The van der Waals surface area contributed by atoms with Crippen molar-refractivity contribution in [2.75, 3.05) is 13.1 Å². The van der Waals surface area contributed by atoms with Crippen LogP contribution in [0.5, 0.6) is 0 Å². The number of carbonyl (C=O) groups is 1. The summed E-state index contributed by atoms with van der Waals surface area (Å²) in [4.78, 5) is 11.7. The van der Waals surface area contributed by atoms with Crippen molar-refractivity contribution >= 4 is 21.7 Å². The number of carbonyl (C=O) groups excluding carboxylic acids is 1. The lowest BCUT2D eigenvalue weighted by atomic mass is 9.95. The van der Waals surface area contributed by atoms with Crippen LogP contribution in [0.25, 0.3) is 0 Å². The molecule has 0 amide bonds. The summed E-state index contributed by atoms with van der Waals surface area (Å²) in [5.41, 5.74) is 2.01. The fourth-order valence-electron chi connectivity index (χ4n) is 1.81. The van der Waals surface area contributed by atoms with E-state index < -0.39 is 0 Å². The summed E-state index contributed by atoms with van der Waals surface area (Å²) < 4.78 is 0.971. The van der Waals surface area contributed by atoms with Crippen LogP contribution in [0.3, 0.4) is 0 Å². The Hall–Kier alpha value is -0.670. The molecule has 3 heteroatoms. The number of hydrogen-bond acceptors (Lipinski definition) is 2. The summed E-state index contributed by atoms with van der Waals surface area (Å²) >= 11 is 3.39. The Bertz CT molecular complexity index is 376. The Morgan fingerprint density at radius 1 is 1.50 bits per heavy atom. The second-order valence-corrected chi connectivity index (χ2v) is 4.60. The summed E-state index contributed by atoms with van der Waals surface area (Å²) in [7, 11) is 0. The van der Waals surface area contributed by atoms with Gasteiger partial charge in [-0.1, -0.05) is 28.9 Å². The molecule has 0 aliphatic carbocycles. The molecule has 0 spiro atoms. The van der Waals surface area contributed by atoms with Crippen molar-refractivity contribution < 1.29 is 4.79 Å². The normalized spacial score (nSPS) is 21.6. The van der Waals surface area contributed by atoms with Crippen molar-refractivity contribution in [3.8, 4) is 0 Å². The molecule has 1 aromatic carbocycles. The Morgan fingerprint density at radius 2 is 2.29 bits per heavy atom. The minimum Gasteiger partial charge on any atom is -0.309 e. The summed E-state index contributed by atoms with van der Waals surface area (Å²) in [6.07, 6.45) is 0. The maximum Gasteiger partial charge on any atom is 0.176 e. The SMILES string of the molecule is CC1CNCC(=O)c2cc(Br)ccc21. The van der Waals surface area contributed by atoms with Crippen LogP contribution in [-0.2, 0) is 0 Å². The van der Waals surface area contributed by atoms with E-state index in [1.54, 1.807) is 0 Å². The molecule has 1 aromatic rings. The highest BCUT2D eigenvalue weighted by Gasteiger charge is 2.19. The van der Waals surface area contributed by atoms with E-state index in [2.05, 4.69) is 28.2 Å². The maximum atomic E-state index is 11.7. The highest BCUT2D eigenvalue weighted by Crippen LogP contribution is 2.25. The van der Waals surface area contributed by atoms with Gasteiger partial charge in [-0.05, 0) is 23.6 Å². The predicted molar refractivity (Wildman–Crippen MR) is 59.8 cm³/mol. The molecule has 2 nitrogen and oxygen atoms in total. The van der Waals surface area contributed by atoms with Gasteiger partial charge in [-0.15, -0.1) is 0 Å². The van der Waals surface area contributed by atoms with Crippen LogP contribution in [0.2, 0.25) is 0 Å². The van der Waals surface area contributed by atoms with Gasteiger partial charge < -0.3 is 5.32 Å².